The van der Waals surface area contributed by atoms with Crippen molar-refractivity contribution in [3.8, 4) is 0 Å². The average molecular weight is 385 g/mol. The van der Waals surface area contributed by atoms with Crippen LogP contribution in [0.4, 0.5) is 26.3 Å². The van der Waals surface area contributed by atoms with Gasteiger partial charge in [0.05, 0.1) is 0 Å². The highest BCUT2D eigenvalue weighted by Crippen LogP contribution is 2.55. The minimum absolute atomic E-state index is 0. The van der Waals surface area contributed by atoms with Crippen molar-refractivity contribution in [1.82, 2.24) is 10.2 Å². The summed E-state index contributed by atoms with van der Waals surface area (Å²) in [7, 11) is 1.25. The molecule has 0 unspecified atom stereocenters. The predicted octanol–water partition coefficient (Wildman–Crippen LogP) is 2.52. The van der Waals surface area contributed by atoms with Gasteiger partial charge in [0.25, 0.3) is 5.91 Å². The summed E-state index contributed by atoms with van der Waals surface area (Å²) in [5.74, 6) is -0.795. The van der Waals surface area contributed by atoms with Gasteiger partial charge < -0.3 is 15.0 Å². The quantitative estimate of drug-likeness (QED) is 0.744. The second-order valence-corrected chi connectivity index (χ2v) is 6.00. The molecule has 2 saturated heterocycles. The third kappa shape index (κ3) is 3.32. The molecule has 2 rings (SSSR count). The van der Waals surface area contributed by atoms with Crippen molar-refractivity contribution >= 4 is 18.3 Å². The SMILES string of the molecule is COC1(C(=O)N2CCC(C(F)(F)F)(C(F)(F)F)C2)CCNCC1.Cl. The van der Waals surface area contributed by atoms with Gasteiger partial charge in [-0.3, -0.25) is 4.79 Å². The Morgan fingerprint density at radius 3 is 1.92 bits per heavy atom. The minimum atomic E-state index is -5.46. The Bertz CT molecular complexity index is 448. The highest BCUT2D eigenvalue weighted by Gasteiger charge is 2.73. The molecule has 0 radical (unpaired) electrons. The Balaban J connectivity index is 0.00000288. The second kappa shape index (κ2) is 6.87. The van der Waals surface area contributed by atoms with Gasteiger partial charge in [0.15, 0.2) is 5.41 Å². The Morgan fingerprint density at radius 1 is 1.04 bits per heavy atom. The molecule has 1 amide bonds. The molecule has 0 aromatic heterocycles. The summed E-state index contributed by atoms with van der Waals surface area (Å²) in [6, 6.07) is 0. The number of likely N-dealkylation sites (tertiary alicyclic amines) is 1. The summed E-state index contributed by atoms with van der Waals surface area (Å²) >= 11 is 0. The van der Waals surface area contributed by atoms with Crippen molar-refractivity contribution in [3.63, 3.8) is 0 Å². The molecular formula is C13H19ClF6N2O2. The third-order valence-electron chi connectivity index (χ3n) is 4.83. The van der Waals surface area contributed by atoms with Gasteiger partial charge in [-0.1, -0.05) is 0 Å². The number of hydrogen-bond donors (Lipinski definition) is 1. The van der Waals surface area contributed by atoms with Crippen LogP contribution in [-0.4, -0.2) is 62.0 Å². The number of nitrogens with zero attached hydrogens (tertiary/aromatic N) is 1. The van der Waals surface area contributed by atoms with Crippen LogP contribution in [0.2, 0.25) is 0 Å². The van der Waals surface area contributed by atoms with Crippen molar-refractivity contribution < 1.29 is 35.9 Å². The van der Waals surface area contributed by atoms with Crippen molar-refractivity contribution in [2.24, 2.45) is 5.41 Å². The maximum atomic E-state index is 13.1. The summed E-state index contributed by atoms with van der Waals surface area (Å²) in [6.07, 6.45) is -11.7. The standard InChI is InChI=1S/C13H18F6N2O2.ClH/c1-23-10(2-5-20-6-3-10)9(22)21-7-4-11(8-21,12(14,15)16)13(17,18)19;/h20H,2-8H2,1H3;1H. The second-order valence-electron chi connectivity index (χ2n) is 6.00. The van der Waals surface area contributed by atoms with E-state index in [1.807, 2.05) is 0 Å². The monoisotopic (exact) mass is 384 g/mol. The van der Waals surface area contributed by atoms with Gasteiger partial charge in [-0.05, 0) is 32.4 Å². The lowest BCUT2D eigenvalue weighted by Gasteiger charge is -2.39. The van der Waals surface area contributed by atoms with Crippen LogP contribution >= 0.6 is 12.4 Å². The van der Waals surface area contributed by atoms with Crippen LogP contribution in [0.25, 0.3) is 0 Å². The number of halogens is 7. The fourth-order valence-corrected chi connectivity index (χ4v) is 3.23. The van der Waals surface area contributed by atoms with Gasteiger partial charge in [-0.15, -0.1) is 12.4 Å². The molecule has 0 aliphatic carbocycles. The Labute approximate surface area is 141 Å². The summed E-state index contributed by atoms with van der Waals surface area (Å²) in [5.41, 5.74) is -5.21. The van der Waals surface area contributed by atoms with E-state index in [4.69, 9.17) is 4.74 Å². The van der Waals surface area contributed by atoms with E-state index in [9.17, 15) is 31.1 Å². The number of piperidine rings is 1. The zero-order valence-corrected chi connectivity index (χ0v) is 13.7. The maximum Gasteiger partial charge on any atom is 0.404 e. The summed E-state index contributed by atoms with van der Waals surface area (Å²) in [6.45, 7) is -1.16. The molecule has 2 fully saturated rings. The van der Waals surface area contributed by atoms with Gasteiger partial charge in [0, 0.05) is 20.2 Å². The van der Waals surface area contributed by atoms with Crippen LogP contribution in [0.1, 0.15) is 19.3 Å². The molecule has 142 valence electrons. The van der Waals surface area contributed by atoms with Crippen molar-refractivity contribution in [2.75, 3.05) is 33.3 Å². The Morgan fingerprint density at radius 2 is 1.54 bits per heavy atom. The fourth-order valence-electron chi connectivity index (χ4n) is 3.23. The van der Waals surface area contributed by atoms with Crippen LogP contribution in [0, 0.1) is 5.41 Å². The first kappa shape index (κ1) is 21.3. The normalized spacial score (nSPS) is 23.7. The van der Waals surface area contributed by atoms with Crippen LogP contribution in [0.5, 0.6) is 0 Å². The lowest BCUT2D eigenvalue weighted by Crippen LogP contribution is -2.57. The molecule has 0 atom stereocenters. The topological polar surface area (TPSA) is 41.6 Å². The molecule has 2 aliphatic rings. The van der Waals surface area contributed by atoms with Gasteiger partial charge >= 0.3 is 12.4 Å². The molecule has 4 nitrogen and oxygen atoms in total. The number of methoxy groups -OCH3 is 1. The van der Waals surface area contributed by atoms with E-state index in [1.165, 1.54) is 7.11 Å². The van der Waals surface area contributed by atoms with Gasteiger partial charge in [0.1, 0.15) is 5.60 Å². The van der Waals surface area contributed by atoms with Crippen LogP contribution in [-0.2, 0) is 9.53 Å². The molecule has 0 spiro atoms. The molecule has 0 saturated carbocycles. The van der Waals surface area contributed by atoms with Crippen LogP contribution in [0.15, 0.2) is 0 Å². The molecular weight excluding hydrogens is 366 g/mol. The van der Waals surface area contributed by atoms with Gasteiger partial charge in [-0.25, -0.2) is 0 Å². The number of amides is 1. The van der Waals surface area contributed by atoms with Gasteiger partial charge in [-0.2, -0.15) is 26.3 Å². The predicted molar refractivity (Wildman–Crippen MR) is 74.8 cm³/mol. The number of nitrogens with one attached hydrogen (secondary N) is 1. The molecule has 1 N–H and O–H groups in total. The fraction of sp³-hybridized carbons (Fsp3) is 0.923. The van der Waals surface area contributed by atoms with Crippen molar-refractivity contribution in [2.45, 2.75) is 37.2 Å². The number of ether oxygens (including phenoxy) is 1. The van der Waals surface area contributed by atoms with Crippen molar-refractivity contribution in [1.29, 1.82) is 0 Å². The summed E-state index contributed by atoms with van der Waals surface area (Å²) < 4.78 is 83.6. The van der Waals surface area contributed by atoms with E-state index in [0.717, 1.165) is 0 Å². The summed E-state index contributed by atoms with van der Waals surface area (Å²) in [5, 5.41) is 2.97. The third-order valence-corrected chi connectivity index (χ3v) is 4.83. The lowest BCUT2D eigenvalue weighted by molar-refractivity contribution is -0.335. The Hall–Kier alpha value is -0.740. The van der Waals surface area contributed by atoms with Crippen molar-refractivity contribution in [3.05, 3.63) is 0 Å². The molecule has 11 heteroatoms. The molecule has 24 heavy (non-hydrogen) atoms. The van der Waals surface area contributed by atoms with E-state index < -0.39 is 48.8 Å². The van der Waals surface area contributed by atoms with Gasteiger partial charge in [0.2, 0.25) is 0 Å². The highest BCUT2D eigenvalue weighted by molar-refractivity contribution is 5.86. The molecule has 0 bridgehead atoms. The first-order chi connectivity index (χ1) is 10.5. The van der Waals surface area contributed by atoms with Crippen LogP contribution in [0.3, 0.4) is 0 Å². The number of alkyl halides is 6. The number of hydrogen-bond acceptors (Lipinski definition) is 3. The zero-order chi connectivity index (χ0) is 17.5. The van der Waals surface area contributed by atoms with E-state index >= 15 is 0 Å². The number of rotatable bonds is 2. The number of carbonyl (C=O) groups excluding carboxylic acids is 1. The zero-order valence-electron chi connectivity index (χ0n) is 12.9. The number of carbonyl (C=O) groups is 1. The molecule has 2 heterocycles. The highest BCUT2D eigenvalue weighted by atomic mass is 35.5. The van der Waals surface area contributed by atoms with E-state index in [0.29, 0.717) is 18.0 Å². The Kier molecular flexibility index (Phi) is 6.10. The molecule has 2 aliphatic heterocycles. The smallest absolute Gasteiger partial charge is 0.368 e. The maximum absolute atomic E-state index is 13.1. The lowest BCUT2D eigenvalue weighted by atomic mass is 9.85. The average Bonchev–Trinajstić information content (AvgIpc) is 2.93. The molecule has 0 aromatic rings. The van der Waals surface area contributed by atoms with E-state index in [-0.39, 0.29) is 25.2 Å². The first-order valence-electron chi connectivity index (χ1n) is 7.18. The minimum Gasteiger partial charge on any atom is -0.368 e. The first-order valence-corrected chi connectivity index (χ1v) is 7.18. The van der Waals surface area contributed by atoms with E-state index in [2.05, 4.69) is 5.32 Å². The van der Waals surface area contributed by atoms with E-state index in [1.54, 1.807) is 0 Å². The largest absolute Gasteiger partial charge is 0.404 e. The summed E-state index contributed by atoms with van der Waals surface area (Å²) in [4.78, 5) is 13.2. The molecule has 0 aromatic carbocycles. The van der Waals surface area contributed by atoms with Crippen LogP contribution < -0.4 is 5.32 Å².